The molecule has 0 aliphatic rings. The van der Waals surface area contributed by atoms with E-state index < -0.39 is 0 Å². The van der Waals surface area contributed by atoms with E-state index in [1.807, 2.05) is 27.7 Å². The Morgan fingerprint density at radius 3 is 0.943 bits per heavy atom. The molecule has 0 radical (unpaired) electrons. The summed E-state index contributed by atoms with van der Waals surface area (Å²) in [5.41, 5.74) is 0.145. The van der Waals surface area contributed by atoms with Crippen LogP contribution in [-0.2, 0) is 18.9 Å². The van der Waals surface area contributed by atoms with Crippen LogP contribution in [0.2, 0.25) is 0 Å². The zero-order valence-corrected chi connectivity index (χ0v) is 26.1. The van der Waals surface area contributed by atoms with Gasteiger partial charge in [0.15, 0.2) is 0 Å². The van der Waals surface area contributed by atoms with E-state index in [0.29, 0.717) is 5.88 Å². The monoisotopic (exact) mass is 531 g/mol. The molecule has 0 amide bonds. The van der Waals surface area contributed by atoms with E-state index in [2.05, 4.69) is 76.2 Å². The number of ether oxygens (including phenoxy) is 4. The molecule has 0 aliphatic heterocycles. The van der Waals surface area contributed by atoms with E-state index in [1.54, 1.807) is 0 Å². The number of alkyl halides is 1. The number of rotatable bonds is 9. The van der Waals surface area contributed by atoms with Gasteiger partial charge in [0.05, 0.1) is 22.4 Å². The topological polar surface area (TPSA) is 36.9 Å². The molecule has 0 aliphatic carbocycles. The summed E-state index contributed by atoms with van der Waals surface area (Å²) in [5, 5.41) is 0. The van der Waals surface area contributed by atoms with Gasteiger partial charge in [-0.1, -0.05) is 35.1 Å². The van der Waals surface area contributed by atoms with Crippen LogP contribution in [0.1, 0.15) is 144 Å². The van der Waals surface area contributed by atoms with Gasteiger partial charge in [-0.15, -0.1) is 11.6 Å². The highest BCUT2D eigenvalue weighted by Gasteiger charge is 2.09. The van der Waals surface area contributed by atoms with Crippen molar-refractivity contribution in [1.29, 1.82) is 0 Å². The maximum absolute atomic E-state index is 5.47. The van der Waals surface area contributed by atoms with Crippen molar-refractivity contribution in [1.82, 2.24) is 0 Å². The van der Waals surface area contributed by atoms with Gasteiger partial charge < -0.3 is 18.9 Å². The molecule has 0 aromatic rings. The zero-order valence-electron chi connectivity index (χ0n) is 25.4. The van der Waals surface area contributed by atoms with Gasteiger partial charge in [-0.25, -0.2) is 0 Å². The third kappa shape index (κ3) is 78.9. The van der Waals surface area contributed by atoms with Crippen molar-refractivity contribution in [2.45, 2.75) is 167 Å². The van der Waals surface area contributed by atoms with Crippen LogP contribution in [0.25, 0.3) is 0 Å². The van der Waals surface area contributed by atoms with Crippen LogP contribution >= 0.6 is 11.6 Å². The van der Waals surface area contributed by atoms with Crippen LogP contribution in [0.3, 0.4) is 0 Å². The Hall–Kier alpha value is 0.130. The molecule has 0 atom stereocenters. The minimum atomic E-state index is -0.00788. The highest BCUT2D eigenvalue weighted by atomic mass is 35.5. The van der Waals surface area contributed by atoms with Gasteiger partial charge in [-0.2, -0.15) is 0 Å². The van der Waals surface area contributed by atoms with Gasteiger partial charge in [0.1, 0.15) is 0 Å². The van der Waals surface area contributed by atoms with Crippen molar-refractivity contribution >= 4 is 11.6 Å². The van der Waals surface area contributed by atoms with Crippen LogP contribution in [0, 0.1) is 0 Å². The van der Waals surface area contributed by atoms with Crippen LogP contribution in [0.5, 0.6) is 0 Å². The predicted octanol–water partition coefficient (Wildman–Crippen LogP) is 10.3. The van der Waals surface area contributed by atoms with Crippen molar-refractivity contribution in [3.63, 3.8) is 0 Å². The third-order valence-corrected chi connectivity index (χ3v) is 3.43. The molecule has 0 heterocycles. The van der Waals surface area contributed by atoms with Gasteiger partial charge in [-0.3, -0.25) is 0 Å². The maximum atomic E-state index is 5.47. The third-order valence-electron chi connectivity index (χ3n) is 3.16. The molecular weight excluding hydrogens is 460 g/mol. The Balaban J connectivity index is -0.0000000789. The lowest BCUT2D eigenvalue weighted by Crippen LogP contribution is -2.19. The molecular formula is C30H71ClO4. The summed E-state index contributed by atoms with van der Waals surface area (Å²) in [7, 11) is 0. The summed E-state index contributed by atoms with van der Waals surface area (Å²) >= 11 is 5.45. The van der Waals surface area contributed by atoms with Crippen molar-refractivity contribution in [3.8, 4) is 0 Å². The molecule has 35 heavy (non-hydrogen) atoms. The van der Waals surface area contributed by atoms with Crippen molar-refractivity contribution < 1.29 is 18.9 Å². The first-order valence-corrected chi connectivity index (χ1v) is 13.4. The lowest BCUT2D eigenvalue weighted by atomic mass is 10.2. The van der Waals surface area contributed by atoms with Crippen LogP contribution in [0.15, 0.2) is 0 Å². The normalized spacial score (nSPS) is 11.3. The Morgan fingerprint density at radius 1 is 0.457 bits per heavy atom. The molecule has 0 spiro atoms. The van der Waals surface area contributed by atoms with Crippen LogP contribution in [-0.4, -0.2) is 54.7 Å². The molecule has 4 nitrogen and oxygen atoms in total. The standard InChI is InChI=1S/C8H18O.C7H15ClO.C7H16O.C6H14O.2CH4/c1-5-6-7-9-8(2,3)4;1-7(2,3)9-6-4-5-8;1-5-6-8-7(2,3)4;1-5-7-6(2,3)4;;/h5-7H2,1-4H3;4-6H2,1-3H3;5-6H2,1-4H3;5H2,1-4H3;2*1H4. The van der Waals surface area contributed by atoms with Gasteiger partial charge in [-0.05, 0) is 109 Å². The van der Waals surface area contributed by atoms with Gasteiger partial charge in [0.25, 0.3) is 0 Å². The van der Waals surface area contributed by atoms with Crippen molar-refractivity contribution in [2.75, 3.05) is 32.3 Å². The van der Waals surface area contributed by atoms with E-state index in [9.17, 15) is 0 Å². The van der Waals surface area contributed by atoms with E-state index in [-0.39, 0.29) is 37.3 Å². The molecule has 0 aromatic heterocycles. The smallest absolute Gasteiger partial charge is 0.0598 e. The Kier molecular flexibility index (Phi) is 37.4. The number of hydrogen-bond acceptors (Lipinski definition) is 4. The number of unbranched alkanes of at least 4 members (excludes halogenated alkanes) is 1. The summed E-state index contributed by atoms with van der Waals surface area (Å²) in [5.74, 6) is 0.691. The lowest BCUT2D eigenvalue weighted by molar-refractivity contribution is -0.00427. The van der Waals surface area contributed by atoms with Crippen LogP contribution in [0.4, 0.5) is 0 Å². The Labute approximate surface area is 229 Å². The van der Waals surface area contributed by atoms with E-state index in [0.717, 1.165) is 39.3 Å². The summed E-state index contributed by atoms with van der Waals surface area (Å²) in [6, 6.07) is 0. The summed E-state index contributed by atoms with van der Waals surface area (Å²) in [4.78, 5) is 0. The zero-order chi connectivity index (χ0) is 27.2. The fraction of sp³-hybridized carbons (Fsp3) is 1.00. The molecule has 222 valence electrons. The van der Waals surface area contributed by atoms with Crippen LogP contribution < -0.4 is 0 Å². The molecule has 0 aromatic carbocycles. The first kappa shape index (κ1) is 48.2. The first-order valence-electron chi connectivity index (χ1n) is 12.9. The molecule has 0 N–H and O–H groups in total. The molecule has 0 saturated carbocycles. The molecule has 0 saturated heterocycles. The van der Waals surface area contributed by atoms with Gasteiger partial charge in [0.2, 0.25) is 0 Å². The van der Waals surface area contributed by atoms with Crippen molar-refractivity contribution in [3.05, 3.63) is 0 Å². The van der Waals surface area contributed by atoms with Gasteiger partial charge in [0, 0.05) is 32.3 Å². The summed E-state index contributed by atoms with van der Waals surface area (Å²) < 4.78 is 21.5. The fourth-order valence-electron chi connectivity index (χ4n) is 1.80. The van der Waals surface area contributed by atoms with Crippen molar-refractivity contribution in [2.24, 2.45) is 0 Å². The minimum Gasteiger partial charge on any atom is -0.376 e. The van der Waals surface area contributed by atoms with Gasteiger partial charge >= 0.3 is 0 Å². The van der Waals surface area contributed by atoms with E-state index in [1.165, 1.54) is 12.8 Å². The highest BCUT2D eigenvalue weighted by Crippen LogP contribution is 2.08. The second kappa shape index (κ2) is 27.2. The maximum Gasteiger partial charge on any atom is 0.0598 e. The van der Waals surface area contributed by atoms with E-state index in [4.69, 9.17) is 30.5 Å². The fourth-order valence-corrected chi connectivity index (χ4v) is 1.91. The average Bonchev–Trinajstić information content (AvgIpc) is 2.58. The Bertz CT molecular complexity index is 352. The lowest BCUT2D eigenvalue weighted by Gasteiger charge is -2.18. The number of halogens is 1. The SMILES string of the molecule is C.C.CC(C)(C)OCCCCl.CCCCOC(C)(C)C.CCCOC(C)(C)C.CCOC(C)(C)C. The molecule has 0 bridgehead atoms. The second-order valence-corrected chi connectivity index (χ2v) is 12.2. The average molecular weight is 531 g/mol. The summed E-state index contributed by atoms with van der Waals surface area (Å²) in [6.07, 6.45) is 4.45. The quantitative estimate of drug-likeness (QED) is 0.219. The number of hydrogen-bond donors (Lipinski definition) is 0. The minimum absolute atomic E-state index is 0. The molecule has 0 rings (SSSR count). The largest absolute Gasteiger partial charge is 0.376 e. The van der Waals surface area contributed by atoms with E-state index >= 15 is 0 Å². The second-order valence-electron chi connectivity index (χ2n) is 11.8. The molecule has 0 unspecified atom stereocenters. The molecule has 0 fully saturated rings. The molecule has 5 heteroatoms. The highest BCUT2D eigenvalue weighted by molar-refractivity contribution is 6.17. The Morgan fingerprint density at radius 2 is 0.771 bits per heavy atom. The summed E-state index contributed by atoms with van der Waals surface area (Å²) in [6.45, 7) is 34.4. The first-order chi connectivity index (χ1) is 14.7. The predicted molar refractivity (Wildman–Crippen MR) is 162 cm³/mol.